The van der Waals surface area contributed by atoms with E-state index in [-0.39, 0.29) is 5.91 Å². The molecule has 2 rings (SSSR count). The summed E-state index contributed by atoms with van der Waals surface area (Å²) in [6.07, 6.45) is 6.15. The second kappa shape index (κ2) is 9.23. The highest BCUT2D eigenvalue weighted by Crippen LogP contribution is 2.07. The minimum atomic E-state index is -0.525. The summed E-state index contributed by atoms with van der Waals surface area (Å²) in [5, 5.41) is 0. The molecule has 24 heavy (non-hydrogen) atoms. The number of benzene rings is 1. The van der Waals surface area contributed by atoms with Gasteiger partial charge in [0.1, 0.15) is 0 Å². The van der Waals surface area contributed by atoms with E-state index in [0.29, 0.717) is 6.42 Å². The van der Waals surface area contributed by atoms with Gasteiger partial charge in [-0.1, -0.05) is 44.2 Å². The lowest BCUT2D eigenvalue weighted by Crippen LogP contribution is -2.45. The molecule has 2 aromatic rings. The van der Waals surface area contributed by atoms with Crippen molar-refractivity contribution in [2.75, 3.05) is 13.1 Å². The van der Waals surface area contributed by atoms with Crippen LogP contribution >= 0.6 is 0 Å². The number of amides is 1. The molecule has 0 saturated carbocycles. The molecular weight excluding hydrogens is 300 g/mol. The number of rotatable bonds is 9. The standard InChI is InChI=1S/C19H28N4O/c1-3-10-23(11-4-2)19(24)18(20)12-17-14-22(15-21-17)13-16-8-6-5-7-9-16/h5-9,14-15,18H,3-4,10-13,20H2,1-2H3/t18-/m0/s1. The first-order valence-electron chi connectivity index (χ1n) is 8.73. The van der Waals surface area contributed by atoms with E-state index in [0.717, 1.165) is 38.2 Å². The van der Waals surface area contributed by atoms with E-state index in [1.165, 1.54) is 5.56 Å². The second-order valence-electron chi connectivity index (χ2n) is 6.16. The summed E-state index contributed by atoms with van der Waals surface area (Å²) >= 11 is 0. The van der Waals surface area contributed by atoms with Gasteiger partial charge >= 0.3 is 0 Å². The maximum atomic E-state index is 12.5. The van der Waals surface area contributed by atoms with Crippen LogP contribution in [0.3, 0.4) is 0 Å². The summed E-state index contributed by atoms with van der Waals surface area (Å²) in [4.78, 5) is 18.8. The van der Waals surface area contributed by atoms with Crippen molar-refractivity contribution in [3.63, 3.8) is 0 Å². The summed E-state index contributed by atoms with van der Waals surface area (Å²) < 4.78 is 2.03. The van der Waals surface area contributed by atoms with E-state index in [1.54, 1.807) is 6.33 Å². The Bertz CT molecular complexity index is 617. The minimum Gasteiger partial charge on any atom is -0.341 e. The van der Waals surface area contributed by atoms with Crippen LogP contribution in [0.1, 0.15) is 37.9 Å². The lowest BCUT2D eigenvalue weighted by molar-refractivity contribution is -0.132. The summed E-state index contributed by atoms with van der Waals surface area (Å²) in [6.45, 7) is 6.46. The molecule has 5 nitrogen and oxygen atoms in total. The Kier molecular flexibility index (Phi) is 7.00. The zero-order valence-corrected chi connectivity index (χ0v) is 14.7. The predicted molar refractivity (Wildman–Crippen MR) is 96.6 cm³/mol. The van der Waals surface area contributed by atoms with Crippen LogP contribution in [0, 0.1) is 0 Å². The van der Waals surface area contributed by atoms with Gasteiger partial charge in [0.2, 0.25) is 5.91 Å². The van der Waals surface area contributed by atoms with Gasteiger partial charge in [0.05, 0.1) is 18.1 Å². The molecule has 130 valence electrons. The Morgan fingerprint density at radius 3 is 2.50 bits per heavy atom. The van der Waals surface area contributed by atoms with Gasteiger partial charge in [0.15, 0.2) is 0 Å². The molecule has 0 fully saturated rings. The van der Waals surface area contributed by atoms with Gasteiger partial charge in [-0.2, -0.15) is 0 Å². The van der Waals surface area contributed by atoms with Crippen LogP contribution in [-0.2, 0) is 17.8 Å². The van der Waals surface area contributed by atoms with Crippen LogP contribution < -0.4 is 5.73 Å². The molecule has 1 amide bonds. The molecule has 0 unspecified atom stereocenters. The van der Waals surface area contributed by atoms with Crippen molar-refractivity contribution in [2.45, 2.75) is 45.7 Å². The van der Waals surface area contributed by atoms with Crippen LogP contribution in [0.4, 0.5) is 0 Å². The number of carbonyl (C=O) groups excluding carboxylic acids is 1. The number of hydrogen-bond donors (Lipinski definition) is 1. The Morgan fingerprint density at radius 2 is 1.88 bits per heavy atom. The highest BCUT2D eigenvalue weighted by atomic mass is 16.2. The Hall–Kier alpha value is -2.14. The third-order valence-corrected chi connectivity index (χ3v) is 3.94. The molecule has 5 heteroatoms. The number of nitrogens with two attached hydrogens (primary N) is 1. The molecule has 1 aromatic heterocycles. The highest BCUT2D eigenvalue weighted by molar-refractivity contribution is 5.81. The monoisotopic (exact) mass is 328 g/mol. The third kappa shape index (κ3) is 5.20. The molecule has 0 saturated heterocycles. The van der Waals surface area contributed by atoms with E-state index in [1.807, 2.05) is 33.9 Å². The second-order valence-corrected chi connectivity index (χ2v) is 6.16. The molecule has 0 spiro atoms. The van der Waals surface area contributed by atoms with Gasteiger partial charge in [-0.25, -0.2) is 4.98 Å². The van der Waals surface area contributed by atoms with Crippen molar-refractivity contribution < 1.29 is 4.79 Å². The molecular formula is C19H28N4O. The fraction of sp³-hybridized carbons (Fsp3) is 0.474. The first-order valence-corrected chi connectivity index (χ1v) is 8.73. The first-order chi connectivity index (χ1) is 11.6. The fourth-order valence-electron chi connectivity index (χ4n) is 2.81. The minimum absolute atomic E-state index is 0.0244. The van der Waals surface area contributed by atoms with E-state index in [9.17, 15) is 4.79 Å². The topological polar surface area (TPSA) is 64.2 Å². The number of imidazole rings is 1. The third-order valence-electron chi connectivity index (χ3n) is 3.94. The molecule has 0 bridgehead atoms. The molecule has 1 aromatic carbocycles. The Balaban J connectivity index is 1.94. The van der Waals surface area contributed by atoms with Crippen molar-refractivity contribution in [2.24, 2.45) is 5.73 Å². The smallest absolute Gasteiger partial charge is 0.239 e. The van der Waals surface area contributed by atoms with Gasteiger partial charge in [-0.3, -0.25) is 4.79 Å². The van der Waals surface area contributed by atoms with Crippen LogP contribution in [0.15, 0.2) is 42.9 Å². The van der Waals surface area contributed by atoms with E-state index >= 15 is 0 Å². The van der Waals surface area contributed by atoms with Crippen LogP contribution in [0.25, 0.3) is 0 Å². The van der Waals surface area contributed by atoms with Gasteiger partial charge < -0.3 is 15.2 Å². The van der Waals surface area contributed by atoms with Crippen LogP contribution in [0.5, 0.6) is 0 Å². The lowest BCUT2D eigenvalue weighted by atomic mass is 10.1. The zero-order valence-electron chi connectivity index (χ0n) is 14.7. The molecule has 0 aliphatic carbocycles. The highest BCUT2D eigenvalue weighted by Gasteiger charge is 2.21. The number of aromatic nitrogens is 2. The maximum absolute atomic E-state index is 12.5. The van der Waals surface area contributed by atoms with Crippen molar-refractivity contribution in [1.82, 2.24) is 14.5 Å². The molecule has 2 N–H and O–H groups in total. The van der Waals surface area contributed by atoms with E-state index in [4.69, 9.17) is 5.73 Å². The molecule has 0 aliphatic heterocycles. The van der Waals surface area contributed by atoms with Gasteiger partial charge in [0.25, 0.3) is 0 Å². The Labute approximate surface area is 144 Å². The van der Waals surface area contributed by atoms with Crippen LogP contribution in [0.2, 0.25) is 0 Å². The normalized spacial score (nSPS) is 12.1. The zero-order chi connectivity index (χ0) is 17.4. The van der Waals surface area contributed by atoms with Gasteiger partial charge in [-0.15, -0.1) is 0 Å². The summed E-state index contributed by atoms with van der Waals surface area (Å²) in [7, 11) is 0. The van der Waals surface area contributed by atoms with Crippen LogP contribution in [-0.4, -0.2) is 39.5 Å². The summed E-state index contributed by atoms with van der Waals surface area (Å²) in [6, 6.07) is 9.70. The fourth-order valence-corrected chi connectivity index (χ4v) is 2.81. The molecule has 0 aliphatic rings. The lowest BCUT2D eigenvalue weighted by Gasteiger charge is -2.24. The predicted octanol–water partition coefficient (Wildman–Crippen LogP) is 2.45. The van der Waals surface area contributed by atoms with Gasteiger partial charge in [-0.05, 0) is 18.4 Å². The number of carbonyl (C=O) groups is 1. The van der Waals surface area contributed by atoms with Gasteiger partial charge in [0, 0.05) is 32.3 Å². The summed E-state index contributed by atoms with van der Waals surface area (Å²) in [5.74, 6) is 0.0244. The maximum Gasteiger partial charge on any atom is 0.239 e. The number of nitrogens with zero attached hydrogens (tertiary/aromatic N) is 3. The van der Waals surface area contributed by atoms with Crippen molar-refractivity contribution in [3.8, 4) is 0 Å². The van der Waals surface area contributed by atoms with E-state index < -0.39 is 6.04 Å². The SMILES string of the molecule is CCCN(CCC)C(=O)[C@@H](N)Cc1cn(Cc2ccccc2)cn1. The average molecular weight is 328 g/mol. The van der Waals surface area contributed by atoms with E-state index in [2.05, 4.69) is 31.0 Å². The summed E-state index contributed by atoms with van der Waals surface area (Å²) in [5.41, 5.74) is 8.21. The number of hydrogen-bond acceptors (Lipinski definition) is 3. The first kappa shape index (κ1) is 18.2. The molecule has 1 atom stereocenters. The van der Waals surface area contributed by atoms with Crippen molar-refractivity contribution in [3.05, 3.63) is 54.1 Å². The Morgan fingerprint density at radius 1 is 1.21 bits per heavy atom. The van der Waals surface area contributed by atoms with Crippen molar-refractivity contribution in [1.29, 1.82) is 0 Å². The quantitative estimate of drug-likeness (QED) is 0.769. The average Bonchev–Trinajstić information content (AvgIpc) is 3.01. The largest absolute Gasteiger partial charge is 0.341 e. The molecule has 0 radical (unpaired) electrons. The molecule has 1 heterocycles. The van der Waals surface area contributed by atoms with Crippen molar-refractivity contribution >= 4 is 5.91 Å².